The Kier molecular flexibility index (Phi) is 6.37. The van der Waals surface area contributed by atoms with Crippen molar-refractivity contribution in [2.24, 2.45) is 11.3 Å². The number of amides is 1. The number of hydrogen-bond acceptors (Lipinski definition) is 5. The fourth-order valence-electron chi connectivity index (χ4n) is 3.82. The lowest BCUT2D eigenvalue weighted by Crippen LogP contribution is -2.28. The minimum Gasteiger partial charge on any atom is -0.313 e. The number of nitro benzene ring substituents is 1. The molecular weight excluding hydrogens is 398 g/mol. The van der Waals surface area contributed by atoms with Gasteiger partial charge in [0.2, 0.25) is 5.91 Å². The summed E-state index contributed by atoms with van der Waals surface area (Å²) in [4.78, 5) is 24.0. The maximum absolute atomic E-state index is 12.4. The summed E-state index contributed by atoms with van der Waals surface area (Å²) < 4.78 is 0. The highest BCUT2D eigenvalue weighted by Gasteiger charge is 2.34. The van der Waals surface area contributed by atoms with Gasteiger partial charge in [0, 0.05) is 23.1 Å². The average Bonchev–Trinajstić information content (AvgIpc) is 3.08. The molecule has 1 aromatic heterocycles. The van der Waals surface area contributed by atoms with Crippen molar-refractivity contribution in [1.29, 1.82) is 5.26 Å². The van der Waals surface area contributed by atoms with E-state index in [0.717, 1.165) is 31.2 Å². The maximum atomic E-state index is 12.4. The second kappa shape index (κ2) is 8.80. The molecule has 1 atom stereocenters. The van der Waals surface area contributed by atoms with Crippen molar-refractivity contribution in [3.8, 4) is 6.07 Å². The summed E-state index contributed by atoms with van der Waals surface area (Å²) in [6.07, 6.45) is 6.83. The number of non-ortho nitro benzene ring substituents is 1. The molecule has 7 heteroatoms. The van der Waals surface area contributed by atoms with Crippen molar-refractivity contribution in [2.75, 3.05) is 5.32 Å². The number of rotatable bonds is 6. The van der Waals surface area contributed by atoms with Crippen molar-refractivity contribution in [3.63, 3.8) is 0 Å². The van der Waals surface area contributed by atoms with Gasteiger partial charge in [0.15, 0.2) is 0 Å². The van der Waals surface area contributed by atoms with Crippen LogP contribution in [-0.2, 0) is 17.6 Å². The lowest BCUT2D eigenvalue weighted by atomic mass is 9.69. The van der Waals surface area contributed by atoms with Crippen LogP contribution in [0.15, 0.2) is 30.3 Å². The minimum atomic E-state index is -0.472. The Labute approximate surface area is 180 Å². The van der Waals surface area contributed by atoms with Crippen LogP contribution in [0, 0.1) is 32.8 Å². The average molecular weight is 424 g/mol. The zero-order chi connectivity index (χ0) is 21.9. The fraction of sp³-hybridized carbons (Fsp3) is 0.391. The molecule has 1 aromatic carbocycles. The number of thiophene rings is 1. The number of benzene rings is 1. The Bertz CT molecular complexity index is 1050. The van der Waals surface area contributed by atoms with E-state index in [9.17, 15) is 20.2 Å². The highest BCUT2D eigenvalue weighted by Crippen LogP contribution is 2.45. The third kappa shape index (κ3) is 4.60. The number of hydrogen-bond donors (Lipinski definition) is 1. The first kappa shape index (κ1) is 21.7. The van der Waals surface area contributed by atoms with Gasteiger partial charge >= 0.3 is 0 Å². The van der Waals surface area contributed by atoms with E-state index in [2.05, 4.69) is 32.2 Å². The Balaban J connectivity index is 1.76. The number of nitrogens with zero attached hydrogens (tertiary/aromatic N) is 2. The molecule has 1 unspecified atom stereocenters. The lowest BCUT2D eigenvalue weighted by molar-refractivity contribution is -0.384. The number of nitro groups is 1. The Morgan fingerprint density at radius 3 is 2.90 bits per heavy atom. The second-order valence-corrected chi connectivity index (χ2v) is 9.38. The van der Waals surface area contributed by atoms with Crippen LogP contribution in [0.3, 0.4) is 0 Å². The largest absolute Gasteiger partial charge is 0.313 e. The molecule has 1 N–H and O–H groups in total. The Morgan fingerprint density at radius 1 is 1.47 bits per heavy atom. The van der Waals surface area contributed by atoms with Gasteiger partial charge in [-0.25, -0.2) is 0 Å². The minimum absolute atomic E-state index is 0.0279. The first-order chi connectivity index (χ1) is 14.2. The van der Waals surface area contributed by atoms with Crippen molar-refractivity contribution in [2.45, 2.75) is 46.5 Å². The summed E-state index contributed by atoms with van der Waals surface area (Å²) in [5.41, 5.74) is 2.43. The van der Waals surface area contributed by atoms with E-state index in [1.807, 2.05) is 0 Å². The number of fused-ring (bicyclic) bond motifs is 1. The van der Waals surface area contributed by atoms with Gasteiger partial charge in [-0.1, -0.05) is 39.3 Å². The van der Waals surface area contributed by atoms with Gasteiger partial charge in [0.25, 0.3) is 5.69 Å². The molecule has 0 saturated carbocycles. The van der Waals surface area contributed by atoms with Gasteiger partial charge in [-0.15, -0.1) is 11.3 Å². The number of nitriles is 1. The maximum Gasteiger partial charge on any atom is 0.270 e. The predicted molar refractivity (Wildman–Crippen MR) is 119 cm³/mol. The molecule has 0 fully saturated rings. The normalized spacial score (nSPS) is 16.1. The van der Waals surface area contributed by atoms with Gasteiger partial charge < -0.3 is 5.32 Å². The summed E-state index contributed by atoms with van der Waals surface area (Å²) in [6, 6.07) is 8.34. The third-order valence-electron chi connectivity index (χ3n) is 6.14. The summed E-state index contributed by atoms with van der Waals surface area (Å²) in [5.74, 6) is 0.208. The van der Waals surface area contributed by atoms with Gasteiger partial charge in [0.05, 0.1) is 10.5 Å². The topological polar surface area (TPSA) is 96.0 Å². The number of anilines is 1. The molecule has 1 heterocycles. The van der Waals surface area contributed by atoms with Gasteiger partial charge in [-0.3, -0.25) is 14.9 Å². The lowest BCUT2D eigenvalue weighted by Gasteiger charge is -2.36. The molecule has 1 amide bonds. The molecule has 0 saturated heterocycles. The molecular formula is C23H25N3O3S. The Hall–Kier alpha value is -2.98. The monoisotopic (exact) mass is 423 g/mol. The molecule has 6 nitrogen and oxygen atoms in total. The first-order valence-corrected chi connectivity index (χ1v) is 10.8. The molecule has 0 radical (unpaired) electrons. The molecule has 0 spiro atoms. The molecule has 0 aliphatic heterocycles. The third-order valence-corrected chi connectivity index (χ3v) is 7.31. The molecule has 3 rings (SSSR count). The molecule has 156 valence electrons. The van der Waals surface area contributed by atoms with E-state index < -0.39 is 4.92 Å². The van der Waals surface area contributed by atoms with Crippen molar-refractivity contribution < 1.29 is 9.72 Å². The number of carbonyl (C=O) groups excluding carboxylic acids is 1. The SMILES string of the molecule is CCC(C)(C)C1CCc2c(sc(NC(=O)C=Cc3cccc([N+](=O)[O-])c3)c2C#N)C1. The molecule has 0 bridgehead atoms. The van der Waals surface area contributed by atoms with Gasteiger partial charge in [-0.2, -0.15) is 5.26 Å². The van der Waals surface area contributed by atoms with Crippen LogP contribution in [0.1, 0.15) is 55.2 Å². The highest BCUT2D eigenvalue weighted by atomic mass is 32.1. The van der Waals surface area contributed by atoms with Crippen LogP contribution in [0.25, 0.3) is 6.08 Å². The highest BCUT2D eigenvalue weighted by molar-refractivity contribution is 7.16. The molecule has 30 heavy (non-hydrogen) atoms. The van der Waals surface area contributed by atoms with E-state index in [1.54, 1.807) is 12.1 Å². The van der Waals surface area contributed by atoms with E-state index in [0.29, 0.717) is 22.0 Å². The van der Waals surface area contributed by atoms with Gasteiger partial charge in [0.1, 0.15) is 11.1 Å². The van der Waals surface area contributed by atoms with Crippen molar-refractivity contribution in [3.05, 3.63) is 62.0 Å². The smallest absolute Gasteiger partial charge is 0.270 e. The van der Waals surface area contributed by atoms with Crippen LogP contribution in [0.4, 0.5) is 10.7 Å². The van der Waals surface area contributed by atoms with E-state index >= 15 is 0 Å². The zero-order valence-corrected chi connectivity index (χ0v) is 18.2. The van der Waals surface area contributed by atoms with Crippen LogP contribution >= 0.6 is 11.3 Å². The van der Waals surface area contributed by atoms with Crippen molar-refractivity contribution in [1.82, 2.24) is 0 Å². The Morgan fingerprint density at radius 2 is 2.23 bits per heavy atom. The predicted octanol–water partition coefficient (Wildman–Crippen LogP) is 5.72. The standard InChI is InChI=1S/C23H25N3O3S/c1-4-23(2,3)16-9-10-18-19(14-24)22(30-20(18)13-16)25-21(27)11-8-15-6-5-7-17(12-15)26(28)29/h5-8,11-12,16H,4,9-10,13H2,1-3H3,(H,25,27). The summed E-state index contributed by atoms with van der Waals surface area (Å²) in [7, 11) is 0. The molecule has 2 aromatic rings. The fourth-order valence-corrected chi connectivity index (χ4v) is 5.10. The quantitative estimate of drug-likeness (QED) is 0.365. The number of nitrogens with one attached hydrogen (secondary N) is 1. The van der Waals surface area contributed by atoms with Gasteiger partial charge in [-0.05, 0) is 47.8 Å². The summed E-state index contributed by atoms with van der Waals surface area (Å²) in [5, 5.41) is 24.0. The van der Waals surface area contributed by atoms with Crippen LogP contribution in [0.2, 0.25) is 0 Å². The zero-order valence-electron chi connectivity index (χ0n) is 17.4. The number of carbonyl (C=O) groups is 1. The first-order valence-electron chi connectivity index (χ1n) is 10.0. The summed E-state index contributed by atoms with van der Waals surface area (Å²) >= 11 is 1.50. The van der Waals surface area contributed by atoms with Crippen molar-refractivity contribution >= 4 is 34.0 Å². The van der Waals surface area contributed by atoms with E-state index in [4.69, 9.17) is 0 Å². The van der Waals surface area contributed by atoms with Crippen LogP contribution in [0.5, 0.6) is 0 Å². The summed E-state index contributed by atoms with van der Waals surface area (Å²) in [6.45, 7) is 6.80. The van der Waals surface area contributed by atoms with Crippen LogP contribution in [-0.4, -0.2) is 10.8 Å². The van der Waals surface area contributed by atoms with E-state index in [-0.39, 0.29) is 17.0 Å². The van der Waals surface area contributed by atoms with E-state index in [1.165, 1.54) is 40.5 Å². The molecule has 1 aliphatic rings. The second-order valence-electron chi connectivity index (χ2n) is 8.28. The molecule has 1 aliphatic carbocycles. The van der Waals surface area contributed by atoms with Crippen LogP contribution < -0.4 is 5.32 Å².